The monoisotopic (exact) mass is 439 g/mol. The fraction of sp³-hybridized carbons (Fsp3) is 0.280. The molecule has 1 heterocycles. The summed E-state index contributed by atoms with van der Waals surface area (Å²) >= 11 is 0. The number of nitrogens with two attached hydrogens (primary N) is 1. The minimum absolute atomic E-state index is 0.394. The molecule has 0 spiro atoms. The van der Waals surface area contributed by atoms with E-state index in [-0.39, 0.29) is 0 Å². The highest BCUT2D eigenvalue weighted by molar-refractivity contribution is 6.03. The normalized spacial score (nSPS) is 15.3. The van der Waals surface area contributed by atoms with E-state index >= 15 is 0 Å². The Morgan fingerprint density at radius 1 is 1.03 bits per heavy atom. The number of pyridine rings is 1. The maximum atomic E-state index is 12.6. The van der Waals surface area contributed by atoms with Crippen molar-refractivity contribution in [3.05, 3.63) is 71.4 Å². The average Bonchev–Trinajstić information content (AvgIpc) is 2.78. The molecule has 3 aromatic rings. The molecule has 0 saturated heterocycles. The molecule has 1 aliphatic rings. The predicted molar refractivity (Wildman–Crippen MR) is 121 cm³/mol. The molecule has 0 bridgehead atoms. The summed E-state index contributed by atoms with van der Waals surface area (Å²) in [6.07, 6.45) is 4.34. The Balaban J connectivity index is 1.46. The molecule has 4 nitrogen and oxygen atoms in total. The molecular weight excluding hydrogens is 415 g/mol. The smallest absolute Gasteiger partial charge is 0.398 e. The zero-order valence-corrected chi connectivity index (χ0v) is 17.5. The predicted octanol–water partition coefficient (Wildman–Crippen LogP) is 6.54. The summed E-state index contributed by atoms with van der Waals surface area (Å²) in [5, 5.41) is 3.53. The van der Waals surface area contributed by atoms with Gasteiger partial charge in [0.15, 0.2) is 0 Å². The van der Waals surface area contributed by atoms with Gasteiger partial charge in [0.05, 0.1) is 11.1 Å². The lowest BCUT2D eigenvalue weighted by Crippen LogP contribution is -2.09. The third-order valence-corrected chi connectivity index (χ3v) is 5.82. The number of benzene rings is 2. The Morgan fingerprint density at radius 3 is 2.44 bits per heavy atom. The van der Waals surface area contributed by atoms with Crippen molar-refractivity contribution >= 4 is 34.3 Å². The number of carbonyl (C=O) groups is 1. The molecule has 0 atom stereocenters. The number of amides is 1. The van der Waals surface area contributed by atoms with Crippen LogP contribution in [-0.2, 0) is 11.0 Å². The summed E-state index contributed by atoms with van der Waals surface area (Å²) in [5.41, 5.74) is 9.09. The number of hydrogen-bond donors (Lipinski definition) is 2. The summed E-state index contributed by atoms with van der Waals surface area (Å²) < 4.78 is 37.9. The minimum Gasteiger partial charge on any atom is -0.398 e. The number of nitrogens with one attached hydrogen (secondary N) is 1. The number of alkyl halides is 3. The van der Waals surface area contributed by atoms with Crippen LogP contribution in [0.5, 0.6) is 0 Å². The van der Waals surface area contributed by atoms with Gasteiger partial charge in [-0.2, -0.15) is 13.2 Å². The number of nitrogen functional groups attached to an aromatic ring is 1. The van der Waals surface area contributed by atoms with E-state index in [4.69, 9.17) is 10.7 Å². The highest BCUT2D eigenvalue weighted by Gasteiger charge is 2.29. The quantitative estimate of drug-likeness (QED) is 0.454. The Hall–Kier alpha value is -3.35. The Kier molecular flexibility index (Phi) is 6.17. The first-order valence-corrected chi connectivity index (χ1v) is 10.7. The van der Waals surface area contributed by atoms with Gasteiger partial charge in [0, 0.05) is 34.4 Å². The lowest BCUT2D eigenvalue weighted by atomic mass is 9.86. The number of carbonyl (C=O) groups excluding carboxylic acids is 1. The zero-order chi connectivity index (χ0) is 22.7. The zero-order valence-electron chi connectivity index (χ0n) is 17.5. The Bertz CT molecular complexity index is 1150. The standard InChI is InChI=1S/C25H24F3N3O/c26-25(27,28)18-9-6-16(7-10-18)8-13-24(32)30-19-11-12-22-20(14-19)21(29)15-23(31-22)17-4-2-1-3-5-17/h6-15,17H,1-5H2,(H2,29,31)(H,30,32). The van der Waals surface area contributed by atoms with Gasteiger partial charge >= 0.3 is 6.18 Å². The van der Waals surface area contributed by atoms with Crippen molar-refractivity contribution in [2.24, 2.45) is 0 Å². The number of aromatic nitrogens is 1. The van der Waals surface area contributed by atoms with Gasteiger partial charge in [0.1, 0.15) is 0 Å². The molecule has 0 aliphatic heterocycles. The summed E-state index contributed by atoms with van der Waals surface area (Å²) in [6, 6.07) is 11.9. The van der Waals surface area contributed by atoms with E-state index < -0.39 is 17.6 Å². The van der Waals surface area contributed by atoms with Crippen molar-refractivity contribution in [3.63, 3.8) is 0 Å². The molecule has 0 unspecified atom stereocenters. The van der Waals surface area contributed by atoms with Gasteiger partial charge in [-0.05, 0) is 60.9 Å². The van der Waals surface area contributed by atoms with Gasteiger partial charge in [0.25, 0.3) is 0 Å². The van der Waals surface area contributed by atoms with E-state index in [1.54, 1.807) is 12.1 Å². The van der Waals surface area contributed by atoms with E-state index in [9.17, 15) is 18.0 Å². The summed E-state index contributed by atoms with van der Waals surface area (Å²) in [6.45, 7) is 0. The molecule has 1 fully saturated rings. The summed E-state index contributed by atoms with van der Waals surface area (Å²) in [7, 11) is 0. The molecule has 1 amide bonds. The van der Waals surface area contributed by atoms with Crippen molar-refractivity contribution in [1.82, 2.24) is 4.98 Å². The number of rotatable bonds is 4. The first-order valence-electron chi connectivity index (χ1n) is 10.7. The number of fused-ring (bicyclic) bond motifs is 1. The third kappa shape index (κ3) is 5.10. The van der Waals surface area contributed by atoms with E-state index in [2.05, 4.69) is 5.32 Å². The minimum atomic E-state index is -4.39. The van der Waals surface area contributed by atoms with Crippen LogP contribution in [0.2, 0.25) is 0 Å². The first kappa shape index (κ1) is 21.9. The topological polar surface area (TPSA) is 68.0 Å². The third-order valence-electron chi connectivity index (χ3n) is 5.82. The van der Waals surface area contributed by atoms with Crippen LogP contribution in [-0.4, -0.2) is 10.9 Å². The van der Waals surface area contributed by atoms with E-state index in [1.807, 2.05) is 12.1 Å². The maximum Gasteiger partial charge on any atom is 0.416 e. The van der Waals surface area contributed by atoms with Crippen molar-refractivity contribution in [2.75, 3.05) is 11.1 Å². The number of nitrogens with zero attached hydrogens (tertiary/aromatic N) is 1. The fourth-order valence-corrected chi connectivity index (χ4v) is 4.10. The second-order valence-corrected chi connectivity index (χ2v) is 8.15. The SMILES string of the molecule is Nc1cc(C2CCCCC2)nc2ccc(NC(=O)C=Cc3ccc(C(F)(F)F)cc3)cc12. The molecular formula is C25H24F3N3O. The lowest BCUT2D eigenvalue weighted by Gasteiger charge is -2.21. The molecule has 1 aromatic heterocycles. The molecule has 7 heteroatoms. The second kappa shape index (κ2) is 9.02. The highest BCUT2D eigenvalue weighted by atomic mass is 19.4. The number of hydrogen-bond acceptors (Lipinski definition) is 3. The van der Waals surface area contributed by atoms with Gasteiger partial charge in [-0.1, -0.05) is 31.4 Å². The second-order valence-electron chi connectivity index (χ2n) is 8.15. The largest absolute Gasteiger partial charge is 0.416 e. The van der Waals surface area contributed by atoms with Gasteiger partial charge in [-0.15, -0.1) is 0 Å². The molecule has 3 N–H and O–H groups in total. The van der Waals surface area contributed by atoms with Gasteiger partial charge in [0.2, 0.25) is 5.91 Å². The van der Waals surface area contributed by atoms with Crippen LogP contribution >= 0.6 is 0 Å². The lowest BCUT2D eigenvalue weighted by molar-refractivity contribution is -0.137. The van der Waals surface area contributed by atoms with Crippen LogP contribution in [0.3, 0.4) is 0 Å². The van der Waals surface area contributed by atoms with Gasteiger partial charge in [-0.3, -0.25) is 9.78 Å². The van der Waals surface area contributed by atoms with Crippen LogP contribution in [0.4, 0.5) is 24.5 Å². The van der Waals surface area contributed by atoms with Crippen LogP contribution in [0, 0.1) is 0 Å². The molecule has 1 aliphatic carbocycles. The number of halogens is 3. The maximum absolute atomic E-state index is 12.6. The molecule has 0 radical (unpaired) electrons. The van der Waals surface area contributed by atoms with E-state index in [1.165, 1.54) is 43.5 Å². The van der Waals surface area contributed by atoms with Crippen molar-refractivity contribution in [1.29, 1.82) is 0 Å². The molecule has 2 aromatic carbocycles. The van der Waals surface area contributed by atoms with Gasteiger partial charge in [-0.25, -0.2) is 0 Å². The molecule has 166 valence electrons. The Labute approximate surface area is 184 Å². The summed E-state index contributed by atoms with van der Waals surface area (Å²) in [4.78, 5) is 17.1. The molecule has 4 rings (SSSR count). The van der Waals surface area contributed by atoms with E-state index in [0.29, 0.717) is 22.9 Å². The van der Waals surface area contributed by atoms with Crippen LogP contribution < -0.4 is 11.1 Å². The Morgan fingerprint density at radius 2 is 1.75 bits per heavy atom. The number of anilines is 2. The fourth-order valence-electron chi connectivity index (χ4n) is 4.10. The van der Waals surface area contributed by atoms with Crippen LogP contribution in [0.25, 0.3) is 17.0 Å². The molecule has 1 saturated carbocycles. The van der Waals surface area contributed by atoms with Gasteiger partial charge < -0.3 is 11.1 Å². The summed E-state index contributed by atoms with van der Waals surface area (Å²) in [5.74, 6) is 0.0553. The van der Waals surface area contributed by atoms with E-state index in [0.717, 1.165) is 41.6 Å². The average molecular weight is 439 g/mol. The highest BCUT2D eigenvalue weighted by Crippen LogP contribution is 2.34. The molecule has 32 heavy (non-hydrogen) atoms. The first-order chi connectivity index (χ1) is 15.3. The van der Waals surface area contributed by atoms with Crippen molar-refractivity contribution in [2.45, 2.75) is 44.2 Å². The van der Waals surface area contributed by atoms with Crippen LogP contribution in [0.15, 0.2) is 54.6 Å². The van der Waals surface area contributed by atoms with Crippen LogP contribution in [0.1, 0.15) is 54.8 Å². The van der Waals surface area contributed by atoms with Crippen molar-refractivity contribution in [3.8, 4) is 0 Å². The van der Waals surface area contributed by atoms with Crippen molar-refractivity contribution < 1.29 is 18.0 Å².